The van der Waals surface area contributed by atoms with Crippen LogP contribution >= 0.6 is 11.8 Å². The number of anilines is 1. The Morgan fingerprint density at radius 1 is 1.19 bits per heavy atom. The van der Waals surface area contributed by atoms with Crippen molar-refractivity contribution >= 4 is 17.6 Å². The molecule has 21 heavy (non-hydrogen) atoms. The predicted molar refractivity (Wildman–Crippen MR) is 88.5 cm³/mol. The number of nitrogens with zero attached hydrogens (tertiary/aromatic N) is 2. The molecule has 0 atom stereocenters. The second kappa shape index (κ2) is 7.43. The molecule has 1 aromatic heterocycles. The highest BCUT2D eigenvalue weighted by atomic mass is 32.2. The number of nitrogen functional groups attached to an aromatic ring is 1. The SMILES string of the molecule is CCCc1nc(NN)cc(Sc2ccc(C(C)C)cc2)n1. The summed E-state index contributed by atoms with van der Waals surface area (Å²) >= 11 is 1.63. The zero-order valence-electron chi connectivity index (χ0n) is 12.8. The Morgan fingerprint density at radius 3 is 2.48 bits per heavy atom. The van der Waals surface area contributed by atoms with E-state index in [-0.39, 0.29) is 0 Å². The number of nitrogens with one attached hydrogen (secondary N) is 1. The molecule has 1 aromatic carbocycles. The highest BCUT2D eigenvalue weighted by molar-refractivity contribution is 7.99. The Hall–Kier alpha value is -1.59. The molecule has 0 amide bonds. The molecule has 2 aromatic rings. The molecule has 0 aliphatic rings. The second-order valence-electron chi connectivity index (χ2n) is 5.23. The Morgan fingerprint density at radius 2 is 1.90 bits per heavy atom. The molecule has 0 saturated carbocycles. The van der Waals surface area contributed by atoms with Crippen molar-refractivity contribution in [1.82, 2.24) is 9.97 Å². The normalized spacial score (nSPS) is 10.9. The molecule has 0 radical (unpaired) electrons. The minimum absolute atomic E-state index is 0.548. The minimum Gasteiger partial charge on any atom is -0.308 e. The zero-order chi connectivity index (χ0) is 15.2. The minimum atomic E-state index is 0.548. The van der Waals surface area contributed by atoms with Gasteiger partial charge in [-0.1, -0.05) is 44.7 Å². The first-order chi connectivity index (χ1) is 10.1. The second-order valence-corrected chi connectivity index (χ2v) is 6.32. The maximum Gasteiger partial charge on any atom is 0.144 e. The molecular formula is C16H22N4S. The average molecular weight is 302 g/mol. The van der Waals surface area contributed by atoms with E-state index in [9.17, 15) is 0 Å². The van der Waals surface area contributed by atoms with Crippen molar-refractivity contribution in [3.8, 4) is 0 Å². The summed E-state index contributed by atoms with van der Waals surface area (Å²) in [6.07, 6.45) is 1.87. The summed E-state index contributed by atoms with van der Waals surface area (Å²) in [5.41, 5.74) is 3.96. The van der Waals surface area contributed by atoms with Crippen LogP contribution in [-0.2, 0) is 6.42 Å². The topological polar surface area (TPSA) is 63.8 Å². The highest BCUT2D eigenvalue weighted by Gasteiger charge is 2.06. The number of hydrogen-bond acceptors (Lipinski definition) is 5. The quantitative estimate of drug-likeness (QED) is 0.480. The Balaban J connectivity index is 2.19. The number of nitrogens with two attached hydrogens (primary N) is 1. The Kier molecular flexibility index (Phi) is 5.59. The number of hydrazine groups is 1. The van der Waals surface area contributed by atoms with Gasteiger partial charge in [0.05, 0.1) is 0 Å². The van der Waals surface area contributed by atoms with Gasteiger partial charge in [-0.25, -0.2) is 15.8 Å². The molecule has 1 heterocycles. The molecule has 0 spiro atoms. The number of hydrogen-bond donors (Lipinski definition) is 2. The van der Waals surface area contributed by atoms with Gasteiger partial charge in [0.2, 0.25) is 0 Å². The van der Waals surface area contributed by atoms with Crippen LogP contribution in [0.2, 0.25) is 0 Å². The zero-order valence-corrected chi connectivity index (χ0v) is 13.6. The molecule has 0 saturated heterocycles. The van der Waals surface area contributed by atoms with Crippen LogP contribution in [0.4, 0.5) is 5.82 Å². The van der Waals surface area contributed by atoms with Gasteiger partial charge in [-0.3, -0.25) is 0 Å². The fourth-order valence-electron chi connectivity index (χ4n) is 1.98. The van der Waals surface area contributed by atoms with Gasteiger partial charge in [-0.05, 0) is 30.0 Å². The molecule has 5 heteroatoms. The van der Waals surface area contributed by atoms with Crippen LogP contribution in [0.1, 0.15) is 44.5 Å². The van der Waals surface area contributed by atoms with Crippen LogP contribution in [-0.4, -0.2) is 9.97 Å². The van der Waals surface area contributed by atoms with Crippen molar-refractivity contribution in [3.63, 3.8) is 0 Å². The first-order valence-corrected chi connectivity index (χ1v) is 8.06. The van der Waals surface area contributed by atoms with Gasteiger partial charge in [0.25, 0.3) is 0 Å². The number of aryl methyl sites for hydroxylation is 1. The van der Waals surface area contributed by atoms with Crippen molar-refractivity contribution in [2.45, 2.75) is 49.5 Å². The lowest BCUT2D eigenvalue weighted by atomic mass is 10.0. The number of benzene rings is 1. The van der Waals surface area contributed by atoms with Crippen molar-refractivity contribution in [1.29, 1.82) is 0 Å². The lowest BCUT2D eigenvalue weighted by molar-refractivity contribution is 0.810. The number of aromatic nitrogens is 2. The van der Waals surface area contributed by atoms with Gasteiger partial charge in [0.15, 0.2) is 0 Å². The third kappa shape index (κ3) is 4.44. The lowest BCUT2D eigenvalue weighted by Crippen LogP contribution is -2.10. The molecule has 0 unspecified atom stereocenters. The van der Waals surface area contributed by atoms with Gasteiger partial charge in [-0.15, -0.1) is 0 Å². The van der Waals surface area contributed by atoms with E-state index in [1.54, 1.807) is 11.8 Å². The third-order valence-electron chi connectivity index (χ3n) is 3.14. The molecule has 0 aliphatic carbocycles. The predicted octanol–water partition coefficient (Wildman–Crippen LogP) is 3.99. The summed E-state index contributed by atoms with van der Waals surface area (Å²) in [6.45, 7) is 6.51. The van der Waals surface area contributed by atoms with Crippen LogP contribution in [0.5, 0.6) is 0 Å². The maximum atomic E-state index is 5.48. The summed E-state index contributed by atoms with van der Waals surface area (Å²) < 4.78 is 0. The van der Waals surface area contributed by atoms with Crippen LogP contribution in [0.15, 0.2) is 40.3 Å². The molecule has 0 bridgehead atoms. The van der Waals surface area contributed by atoms with Crippen LogP contribution in [0, 0.1) is 0 Å². The monoisotopic (exact) mass is 302 g/mol. The van der Waals surface area contributed by atoms with E-state index in [0.717, 1.165) is 23.7 Å². The van der Waals surface area contributed by atoms with Gasteiger partial charge < -0.3 is 5.43 Å². The standard InChI is InChI=1S/C16H22N4S/c1-4-5-14-18-15(20-17)10-16(19-14)21-13-8-6-12(7-9-13)11(2)3/h6-11H,4-5,17H2,1-3H3,(H,18,19,20). The fraction of sp³-hybridized carbons (Fsp3) is 0.375. The molecular weight excluding hydrogens is 280 g/mol. The van der Waals surface area contributed by atoms with Crippen molar-refractivity contribution in [2.24, 2.45) is 5.84 Å². The average Bonchev–Trinajstić information content (AvgIpc) is 2.48. The summed E-state index contributed by atoms with van der Waals surface area (Å²) in [4.78, 5) is 10.1. The first-order valence-electron chi connectivity index (χ1n) is 7.24. The summed E-state index contributed by atoms with van der Waals surface area (Å²) in [7, 11) is 0. The highest BCUT2D eigenvalue weighted by Crippen LogP contribution is 2.28. The lowest BCUT2D eigenvalue weighted by Gasteiger charge is -2.08. The van der Waals surface area contributed by atoms with E-state index in [1.807, 2.05) is 6.07 Å². The van der Waals surface area contributed by atoms with Crippen LogP contribution in [0.25, 0.3) is 0 Å². The van der Waals surface area contributed by atoms with Gasteiger partial charge in [0.1, 0.15) is 16.7 Å². The molecule has 0 aliphatic heterocycles. The molecule has 0 fully saturated rings. The van der Waals surface area contributed by atoms with E-state index < -0.39 is 0 Å². The van der Waals surface area contributed by atoms with E-state index in [4.69, 9.17) is 5.84 Å². The van der Waals surface area contributed by atoms with E-state index >= 15 is 0 Å². The van der Waals surface area contributed by atoms with Crippen LogP contribution in [0.3, 0.4) is 0 Å². The van der Waals surface area contributed by atoms with Gasteiger partial charge >= 0.3 is 0 Å². The van der Waals surface area contributed by atoms with Gasteiger partial charge in [-0.2, -0.15) is 0 Å². The third-order valence-corrected chi connectivity index (χ3v) is 4.07. The summed E-state index contributed by atoms with van der Waals surface area (Å²) in [6, 6.07) is 10.5. The van der Waals surface area contributed by atoms with Crippen molar-refractivity contribution in [2.75, 3.05) is 5.43 Å². The van der Waals surface area contributed by atoms with E-state index in [2.05, 4.69) is 60.4 Å². The van der Waals surface area contributed by atoms with Crippen LogP contribution < -0.4 is 11.3 Å². The molecule has 3 N–H and O–H groups in total. The molecule has 4 nitrogen and oxygen atoms in total. The molecule has 112 valence electrons. The summed E-state index contributed by atoms with van der Waals surface area (Å²) in [5, 5.41) is 0.915. The maximum absolute atomic E-state index is 5.48. The van der Waals surface area contributed by atoms with Gasteiger partial charge in [0, 0.05) is 17.4 Å². The largest absolute Gasteiger partial charge is 0.308 e. The summed E-state index contributed by atoms with van der Waals surface area (Å²) in [5.74, 6) is 7.52. The fourth-order valence-corrected chi connectivity index (χ4v) is 2.81. The molecule has 2 rings (SSSR count). The Labute approximate surface area is 130 Å². The van der Waals surface area contributed by atoms with E-state index in [1.165, 1.54) is 10.5 Å². The Bertz CT molecular complexity index is 581. The van der Waals surface area contributed by atoms with Crippen molar-refractivity contribution in [3.05, 3.63) is 41.7 Å². The first kappa shape index (κ1) is 15.8. The smallest absolute Gasteiger partial charge is 0.144 e. The number of rotatable bonds is 6. The van der Waals surface area contributed by atoms with E-state index in [0.29, 0.717) is 11.7 Å². The van der Waals surface area contributed by atoms with Crippen molar-refractivity contribution < 1.29 is 0 Å².